The Balaban J connectivity index is 1.70. The first-order valence-corrected chi connectivity index (χ1v) is 12.4. The molecule has 0 unspecified atom stereocenters. The largest absolute Gasteiger partial charge is 0.495 e. The first-order chi connectivity index (χ1) is 15.8. The number of esters is 1. The minimum atomic E-state index is -3.97. The molecular weight excluding hydrogens is 444 g/mol. The lowest BCUT2D eigenvalue weighted by Crippen LogP contribution is -2.38. The van der Waals surface area contributed by atoms with Crippen molar-refractivity contribution in [3.05, 3.63) is 59.7 Å². The number of rotatable bonds is 9. The third kappa shape index (κ3) is 6.55. The fourth-order valence-corrected chi connectivity index (χ4v) is 5.17. The molecule has 0 aliphatic heterocycles. The Bertz CT molecular complexity index is 1070. The molecular formula is C24H30N2O6S. The smallest absolute Gasteiger partial charge is 0.338 e. The van der Waals surface area contributed by atoms with Gasteiger partial charge >= 0.3 is 5.97 Å². The number of hydrogen-bond acceptors (Lipinski definition) is 6. The second-order valence-electron chi connectivity index (χ2n) is 8.09. The van der Waals surface area contributed by atoms with Crippen LogP contribution in [0.5, 0.6) is 5.75 Å². The van der Waals surface area contributed by atoms with Crippen molar-refractivity contribution in [1.29, 1.82) is 0 Å². The highest BCUT2D eigenvalue weighted by atomic mass is 32.2. The molecule has 1 aliphatic carbocycles. The van der Waals surface area contributed by atoms with Gasteiger partial charge in [0.2, 0.25) is 10.0 Å². The summed E-state index contributed by atoms with van der Waals surface area (Å²) in [6, 6.07) is 13.3. The number of benzene rings is 2. The zero-order chi connectivity index (χ0) is 23.8. The SMILES string of the molecule is COc1ccc(C(=O)OCC(=O)NC2CCCCC2)cc1S(=O)(=O)N(C)Cc1ccccc1. The van der Waals surface area contributed by atoms with Gasteiger partial charge in [-0.15, -0.1) is 0 Å². The lowest BCUT2D eigenvalue weighted by Gasteiger charge is -2.22. The average molecular weight is 475 g/mol. The topological polar surface area (TPSA) is 102 Å². The minimum absolute atomic E-state index is 0.0213. The number of nitrogens with one attached hydrogen (secondary N) is 1. The first kappa shape index (κ1) is 24.7. The quantitative estimate of drug-likeness (QED) is 0.561. The fraction of sp³-hybridized carbons (Fsp3) is 0.417. The molecule has 1 saturated carbocycles. The van der Waals surface area contributed by atoms with Crippen molar-refractivity contribution in [1.82, 2.24) is 9.62 Å². The molecule has 0 heterocycles. The summed E-state index contributed by atoms with van der Waals surface area (Å²) >= 11 is 0. The summed E-state index contributed by atoms with van der Waals surface area (Å²) in [5, 5.41) is 2.88. The Morgan fingerprint density at radius 3 is 2.42 bits per heavy atom. The van der Waals surface area contributed by atoms with Gasteiger partial charge in [0.05, 0.1) is 12.7 Å². The Morgan fingerprint density at radius 1 is 1.06 bits per heavy atom. The van der Waals surface area contributed by atoms with E-state index in [0.29, 0.717) is 0 Å². The molecule has 1 amide bonds. The predicted octanol–water partition coefficient (Wildman–Crippen LogP) is 3.12. The van der Waals surface area contributed by atoms with Crippen molar-refractivity contribution in [2.45, 2.75) is 49.6 Å². The van der Waals surface area contributed by atoms with Crippen molar-refractivity contribution >= 4 is 21.9 Å². The third-order valence-corrected chi connectivity index (χ3v) is 7.46. The fourth-order valence-electron chi connectivity index (χ4n) is 3.83. The molecule has 0 saturated heterocycles. The van der Waals surface area contributed by atoms with Crippen LogP contribution in [-0.2, 0) is 26.1 Å². The molecule has 178 valence electrons. The minimum Gasteiger partial charge on any atom is -0.495 e. The molecule has 0 bridgehead atoms. The molecule has 0 atom stereocenters. The van der Waals surface area contributed by atoms with E-state index in [1.54, 1.807) is 0 Å². The maximum atomic E-state index is 13.2. The average Bonchev–Trinajstić information content (AvgIpc) is 2.83. The van der Waals surface area contributed by atoms with Crippen LogP contribution < -0.4 is 10.1 Å². The van der Waals surface area contributed by atoms with E-state index >= 15 is 0 Å². The van der Waals surface area contributed by atoms with Gasteiger partial charge in [-0.05, 0) is 36.6 Å². The van der Waals surface area contributed by atoms with Gasteiger partial charge in [0.1, 0.15) is 10.6 Å². The number of amides is 1. The Labute approximate surface area is 194 Å². The Hall–Kier alpha value is -2.91. The van der Waals surface area contributed by atoms with Gasteiger partial charge in [0, 0.05) is 19.6 Å². The van der Waals surface area contributed by atoms with E-state index in [2.05, 4.69) is 5.32 Å². The van der Waals surface area contributed by atoms with Gasteiger partial charge in [-0.3, -0.25) is 4.79 Å². The summed E-state index contributed by atoms with van der Waals surface area (Å²) in [5.74, 6) is -1.03. The van der Waals surface area contributed by atoms with Crippen LogP contribution in [0.4, 0.5) is 0 Å². The summed E-state index contributed by atoms with van der Waals surface area (Å²) in [7, 11) is -1.14. The number of methoxy groups -OCH3 is 1. The molecule has 2 aromatic rings. The van der Waals surface area contributed by atoms with Crippen LogP contribution in [0.15, 0.2) is 53.4 Å². The number of carbonyl (C=O) groups excluding carboxylic acids is 2. The molecule has 33 heavy (non-hydrogen) atoms. The summed E-state index contributed by atoms with van der Waals surface area (Å²) in [6.45, 7) is -0.264. The number of sulfonamides is 1. The van der Waals surface area contributed by atoms with Crippen LogP contribution >= 0.6 is 0 Å². The number of ether oxygens (including phenoxy) is 2. The van der Waals surface area contributed by atoms with Gasteiger partial charge in [0.15, 0.2) is 6.61 Å². The van der Waals surface area contributed by atoms with Crippen molar-refractivity contribution < 1.29 is 27.5 Å². The van der Waals surface area contributed by atoms with E-state index in [9.17, 15) is 18.0 Å². The monoisotopic (exact) mass is 474 g/mol. The number of carbonyl (C=O) groups is 2. The predicted molar refractivity (Wildman–Crippen MR) is 123 cm³/mol. The van der Waals surface area contributed by atoms with Crippen molar-refractivity contribution in [2.75, 3.05) is 20.8 Å². The summed E-state index contributed by atoms with van der Waals surface area (Å²) in [6.07, 6.45) is 5.18. The number of nitrogens with zero attached hydrogens (tertiary/aromatic N) is 1. The van der Waals surface area contributed by atoms with E-state index in [1.165, 1.54) is 43.1 Å². The maximum Gasteiger partial charge on any atom is 0.338 e. The third-order valence-electron chi connectivity index (χ3n) is 5.64. The second-order valence-corrected chi connectivity index (χ2v) is 10.1. The Morgan fingerprint density at radius 2 is 1.76 bits per heavy atom. The van der Waals surface area contributed by atoms with Crippen molar-refractivity contribution in [2.24, 2.45) is 0 Å². The van der Waals surface area contributed by atoms with E-state index in [0.717, 1.165) is 31.2 Å². The number of hydrogen-bond donors (Lipinski definition) is 1. The van der Waals surface area contributed by atoms with Gasteiger partial charge < -0.3 is 14.8 Å². The summed E-state index contributed by atoms with van der Waals surface area (Å²) in [5.41, 5.74) is 0.843. The molecule has 1 fully saturated rings. The van der Waals surface area contributed by atoms with Gasteiger partial charge in [-0.2, -0.15) is 4.31 Å². The van der Waals surface area contributed by atoms with Crippen LogP contribution in [0.25, 0.3) is 0 Å². The molecule has 0 spiro atoms. The molecule has 0 aromatic heterocycles. The molecule has 1 N–H and O–H groups in total. The van der Waals surface area contributed by atoms with Crippen molar-refractivity contribution in [3.8, 4) is 5.75 Å². The molecule has 8 nitrogen and oxygen atoms in total. The normalized spacial score (nSPS) is 14.6. The standard InChI is InChI=1S/C24H30N2O6S/c1-26(16-18-9-5-3-6-10-18)33(29,30)22-15-19(13-14-21(22)31-2)24(28)32-17-23(27)25-20-11-7-4-8-12-20/h3,5-6,9-10,13-15,20H,4,7-8,11-12,16-17H2,1-2H3,(H,25,27). The van der Waals surface area contributed by atoms with Crippen LogP contribution in [-0.4, -0.2) is 51.4 Å². The van der Waals surface area contributed by atoms with Crippen LogP contribution in [0.1, 0.15) is 48.0 Å². The molecule has 1 aliphatic rings. The second kappa shape index (κ2) is 11.3. The summed E-state index contributed by atoms with van der Waals surface area (Å²) < 4.78 is 38.0. The zero-order valence-electron chi connectivity index (χ0n) is 19.0. The lowest BCUT2D eigenvalue weighted by atomic mass is 9.95. The highest BCUT2D eigenvalue weighted by molar-refractivity contribution is 7.89. The Kier molecular flexibility index (Phi) is 8.46. The lowest BCUT2D eigenvalue weighted by molar-refractivity contribution is -0.125. The van der Waals surface area contributed by atoms with Crippen LogP contribution in [0.2, 0.25) is 0 Å². The van der Waals surface area contributed by atoms with E-state index in [-0.39, 0.29) is 34.7 Å². The summed E-state index contributed by atoms with van der Waals surface area (Å²) in [4.78, 5) is 24.5. The molecule has 9 heteroatoms. The van der Waals surface area contributed by atoms with E-state index < -0.39 is 22.6 Å². The van der Waals surface area contributed by atoms with Crippen LogP contribution in [0, 0.1) is 0 Å². The molecule has 2 aromatic carbocycles. The molecule has 0 radical (unpaired) electrons. The zero-order valence-corrected chi connectivity index (χ0v) is 19.8. The molecule has 3 rings (SSSR count). The highest BCUT2D eigenvalue weighted by Gasteiger charge is 2.27. The maximum absolute atomic E-state index is 13.2. The van der Waals surface area contributed by atoms with E-state index in [4.69, 9.17) is 9.47 Å². The van der Waals surface area contributed by atoms with Crippen molar-refractivity contribution in [3.63, 3.8) is 0 Å². The van der Waals surface area contributed by atoms with E-state index in [1.807, 2.05) is 30.3 Å². The van der Waals surface area contributed by atoms with Gasteiger partial charge in [-0.25, -0.2) is 13.2 Å². The van der Waals surface area contributed by atoms with Gasteiger partial charge in [-0.1, -0.05) is 49.6 Å². The first-order valence-electron chi connectivity index (χ1n) is 11.0. The highest BCUT2D eigenvalue weighted by Crippen LogP contribution is 2.28. The van der Waals surface area contributed by atoms with Gasteiger partial charge in [0.25, 0.3) is 5.91 Å². The van der Waals surface area contributed by atoms with Crippen LogP contribution in [0.3, 0.4) is 0 Å².